The number of carbonyl (C=O) groups is 7. The number of ether oxygens (including phenoxy) is 3. The van der Waals surface area contributed by atoms with E-state index < -0.39 is 58.6 Å². The predicted molar refractivity (Wildman–Crippen MR) is 123 cm³/mol. The topological polar surface area (TPSA) is 171 Å². The summed E-state index contributed by atoms with van der Waals surface area (Å²) in [6.45, 7) is 5.05. The number of rotatable bonds is 14. The first-order chi connectivity index (χ1) is 16.4. The summed E-state index contributed by atoms with van der Waals surface area (Å²) in [5.74, 6) is -3.17. The lowest BCUT2D eigenvalue weighted by Gasteiger charge is -2.35. The van der Waals surface area contributed by atoms with E-state index in [0.29, 0.717) is 0 Å². The van der Waals surface area contributed by atoms with Gasteiger partial charge < -0.3 is 24.8 Å². The average Bonchev–Trinajstić information content (AvgIpc) is 2.80. The summed E-state index contributed by atoms with van der Waals surface area (Å²) in [5.41, 5.74) is -0.709. The second kappa shape index (κ2) is 14.4. The highest BCUT2D eigenvalue weighted by molar-refractivity contribution is 8.13. The van der Waals surface area contributed by atoms with Gasteiger partial charge in [-0.2, -0.15) is 0 Å². The van der Waals surface area contributed by atoms with E-state index in [9.17, 15) is 33.6 Å². The van der Waals surface area contributed by atoms with Crippen LogP contribution >= 0.6 is 11.8 Å². The highest BCUT2D eigenvalue weighted by atomic mass is 32.2. The molecule has 1 aliphatic heterocycles. The number of methoxy groups -OCH3 is 1. The van der Waals surface area contributed by atoms with Crippen LogP contribution in [0, 0.1) is 11.3 Å². The maximum Gasteiger partial charge on any atom is 0.509 e. The number of carbonyl (C=O) groups excluding carboxylic acids is 7. The summed E-state index contributed by atoms with van der Waals surface area (Å²) in [4.78, 5) is 82.5. The smallest absolute Gasteiger partial charge is 0.469 e. The number of nitrogens with one attached hydrogen (secondary N) is 2. The molecule has 0 aromatic rings. The zero-order chi connectivity index (χ0) is 26.6. The van der Waals surface area contributed by atoms with E-state index in [-0.39, 0.29) is 50.6 Å². The summed E-state index contributed by atoms with van der Waals surface area (Å²) < 4.78 is 14.1. The summed E-state index contributed by atoms with van der Waals surface area (Å²) in [5, 5.41) is 4.70. The minimum Gasteiger partial charge on any atom is -0.469 e. The molecule has 0 bridgehead atoms. The molecule has 0 spiro atoms. The van der Waals surface area contributed by atoms with Gasteiger partial charge in [0.05, 0.1) is 25.9 Å². The molecule has 0 aromatic heterocycles. The Morgan fingerprint density at radius 1 is 1.06 bits per heavy atom. The molecule has 35 heavy (non-hydrogen) atoms. The van der Waals surface area contributed by atoms with E-state index >= 15 is 0 Å². The molecule has 0 saturated carbocycles. The van der Waals surface area contributed by atoms with Crippen LogP contribution in [0.25, 0.3) is 0 Å². The molecule has 1 aliphatic rings. The van der Waals surface area contributed by atoms with Gasteiger partial charge in [0.2, 0.25) is 5.91 Å². The van der Waals surface area contributed by atoms with E-state index in [1.165, 1.54) is 14.0 Å². The predicted octanol–water partition coefficient (Wildman–Crippen LogP) is 0.548. The van der Waals surface area contributed by atoms with Crippen molar-refractivity contribution in [1.29, 1.82) is 0 Å². The van der Waals surface area contributed by atoms with Crippen molar-refractivity contribution < 1.29 is 47.8 Å². The summed E-state index contributed by atoms with van der Waals surface area (Å²) in [6.07, 6.45) is -2.65. The van der Waals surface area contributed by atoms with Gasteiger partial charge >= 0.3 is 12.1 Å². The molecule has 0 radical (unpaired) electrons. The Morgan fingerprint density at radius 2 is 1.74 bits per heavy atom. The monoisotopic (exact) mass is 516 g/mol. The van der Waals surface area contributed by atoms with Crippen LogP contribution in [0.2, 0.25) is 0 Å². The minimum atomic E-state index is -1.03. The van der Waals surface area contributed by atoms with Gasteiger partial charge in [-0.15, -0.1) is 0 Å². The molecule has 1 saturated heterocycles. The van der Waals surface area contributed by atoms with Gasteiger partial charge in [0.1, 0.15) is 12.4 Å². The van der Waals surface area contributed by atoms with Crippen LogP contribution in [0.5, 0.6) is 0 Å². The van der Waals surface area contributed by atoms with E-state index in [1.54, 1.807) is 13.8 Å². The molecule has 1 heterocycles. The molecule has 2 N–H and O–H groups in total. The Balaban J connectivity index is 2.22. The molecule has 1 fully saturated rings. The number of hydrogen-bond donors (Lipinski definition) is 2. The second-order valence-corrected chi connectivity index (χ2v) is 9.70. The first kappa shape index (κ1) is 30.1. The molecule has 196 valence electrons. The Kier molecular flexibility index (Phi) is 12.4. The fourth-order valence-corrected chi connectivity index (χ4v) is 3.60. The quantitative estimate of drug-likeness (QED) is 0.188. The number of ketones is 2. The zero-order valence-corrected chi connectivity index (χ0v) is 21.1. The van der Waals surface area contributed by atoms with Gasteiger partial charge in [-0.05, 0) is 6.92 Å². The fraction of sp³-hybridized carbons (Fsp3) is 0.682. The van der Waals surface area contributed by atoms with Crippen molar-refractivity contribution >= 4 is 52.4 Å². The van der Waals surface area contributed by atoms with E-state index in [2.05, 4.69) is 15.4 Å². The number of amides is 2. The summed E-state index contributed by atoms with van der Waals surface area (Å²) in [6, 6.07) is 0. The SMILES string of the molecule is COC(=O)CCC(=O)C(C)C(=O)CC(=O)SCCNC(=O)CCNC(=O)[C@@H]1OC(=O)OCC1(C)C. The first-order valence-corrected chi connectivity index (χ1v) is 12.0. The molecule has 2 atom stereocenters. The third kappa shape index (κ3) is 10.9. The van der Waals surface area contributed by atoms with E-state index in [1.807, 2.05) is 0 Å². The summed E-state index contributed by atoms with van der Waals surface area (Å²) in [7, 11) is 1.20. The van der Waals surface area contributed by atoms with Crippen molar-refractivity contribution in [1.82, 2.24) is 10.6 Å². The zero-order valence-electron chi connectivity index (χ0n) is 20.3. The van der Waals surface area contributed by atoms with Crippen LogP contribution < -0.4 is 10.6 Å². The number of thioether (sulfide) groups is 1. The molecular formula is C22H32N2O10S. The third-order valence-corrected chi connectivity index (χ3v) is 6.02. The number of esters is 1. The van der Waals surface area contributed by atoms with Crippen molar-refractivity contribution in [2.75, 3.05) is 32.6 Å². The van der Waals surface area contributed by atoms with Crippen molar-refractivity contribution in [3.8, 4) is 0 Å². The number of Topliss-reactive ketones (excluding diaryl/α,β-unsaturated/α-hetero) is 2. The van der Waals surface area contributed by atoms with Crippen LogP contribution in [-0.2, 0) is 43.0 Å². The normalized spacial score (nSPS) is 17.3. The summed E-state index contributed by atoms with van der Waals surface area (Å²) >= 11 is 0.855. The third-order valence-electron chi connectivity index (χ3n) is 5.15. The number of cyclic esters (lactones) is 2. The minimum absolute atomic E-state index is 0.0222. The Morgan fingerprint density at radius 3 is 2.40 bits per heavy atom. The molecule has 2 amide bonds. The fourth-order valence-electron chi connectivity index (χ4n) is 2.92. The highest BCUT2D eigenvalue weighted by Crippen LogP contribution is 2.28. The van der Waals surface area contributed by atoms with Crippen LogP contribution in [-0.4, -0.2) is 79.3 Å². The molecule has 12 nitrogen and oxygen atoms in total. The molecule has 0 aliphatic carbocycles. The molecule has 1 unspecified atom stereocenters. The first-order valence-electron chi connectivity index (χ1n) is 11.0. The molecule has 13 heteroatoms. The highest BCUT2D eigenvalue weighted by Gasteiger charge is 2.43. The molecular weight excluding hydrogens is 484 g/mol. The van der Waals surface area contributed by atoms with Gasteiger partial charge in [0.25, 0.3) is 5.91 Å². The molecule has 1 rings (SSSR count). The Bertz CT molecular complexity index is 842. The Labute approximate surface area is 207 Å². The maximum absolute atomic E-state index is 12.2. The van der Waals surface area contributed by atoms with E-state index in [0.717, 1.165) is 11.8 Å². The standard InChI is InChI=1S/C22H32N2O10S/c1-13(14(25)5-6-17(28)32-4)15(26)11-18(29)35-10-9-23-16(27)7-8-24-20(30)19-22(2,3)12-33-21(31)34-19/h13,19H,5-12H2,1-4H3,(H,23,27)(H,24,30)/t13?,19-/m0/s1. The molecule has 0 aromatic carbocycles. The van der Waals surface area contributed by atoms with Crippen molar-refractivity contribution in [2.24, 2.45) is 11.3 Å². The average molecular weight is 517 g/mol. The van der Waals surface area contributed by atoms with E-state index in [4.69, 9.17) is 9.47 Å². The van der Waals surface area contributed by atoms with Gasteiger partial charge in [-0.25, -0.2) is 4.79 Å². The van der Waals surface area contributed by atoms with Crippen molar-refractivity contribution in [2.45, 2.75) is 52.6 Å². The lowest BCUT2D eigenvalue weighted by atomic mass is 9.86. The lowest BCUT2D eigenvalue weighted by Crippen LogP contribution is -2.52. The second-order valence-electron chi connectivity index (χ2n) is 8.54. The van der Waals surface area contributed by atoms with Gasteiger partial charge in [0, 0.05) is 37.1 Å². The van der Waals surface area contributed by atoms with Crippen molar-refractivity contribution in [3.05, 3.63) is 0 Å². The van der Waals surface area contributed by atoms with Gasteiger partial charge in [0.15, 0.2) is 17.0 Å². The van der Waals surface area contributed by atoms with Crippen LogP contribution in [0.4, 0.5) is 4.79 Å². The van der Waals surface area contributed by atoms with Gasteiger partial charge in [-0.3, -0.25) is 28.8 Å². The number of hydrogen-bond acceptors (Lipinski definition) is 11. The van der Waals surface area contributed by atoms with Crippen molar-refractivity contribution in [3.63, 3.8) is 0 Å². The van der Waals surface area contributed by atoms with Crippen LogP contribution in [0.15, 0.2) is 0 Å². The lowest BCUT2D eigenvalue weighted by molar-refractivity contribution is -0.149. The van der Waals surface area contributed by atoms with Gasteiger partial charge in [-0.1, -0.05) is 25.6 Å². The largest absolute Gasteiger partial charge is 0.509 e. The maximum atomic E-state index is 12.2. The van der Waals surface area contributed by atoms with Crippen LogP contribution in [0.1, 0.15) is 46.5 Å². The Hall–Kier alpha value is -2.96. The van der Waals surface area contributed by atoms with Crippen LogP contribution in [0.3, 0.4) is 0 Å².